The van der Waals surface area contributed by atoms with Crippen molar-refractivity contribution >= 4 is 5.97 Å². The normalized spacial score (nSPS) is 14.9. The van der Waals surface area contributed by atoms with Crippen LogP contribution in [0.4, 0.5) is 0 Å². The molecule has 1 aliphatic carbocycles. The Bertz CT molecular complexity index is 705. The first-order valence-electron chi connectivity index (χ1n) is 8.08. The third kappa shape index (κ3) is 3.78. The van der Waals surface area contributed by atoms with Crippen molar-refractivity contribution in [1.82, 2.24) is 0 Å². The summed E-state index contributed by atoms with van der Waals surface area (Å²) in [7, 11) is 0. The zero-order valence-electron chi connectivity index (χ0n) is 13.0. The molecule has 1 saturated carbocycles. The average molecular weight is 305 g/mol. The number of esters is 1. The predicted octanol–water partition coefficient (Wildman–Crippen LogP) is 4.71. The number of carbonyl (C=O) groups is 1. The van der Waals surface area contributed by atoms with E-state index in [1.807, 2.05) is 36.4 Å². The number of carbonyl (C=O) groups excluding carboxylic acids is 1. The standard InChI is InChI=1S/C20H19NO2/c21-14-15-6-8-16(9-7-15)17-10-12-19(13-11-17)23-20(22)18-4-2-1-3-5-18/h6-13,18H,1-5H2. The van der Waals surface area contributed by atoms with Gasteiger partial charge in [-0.25, -0.2) is 0 Å². The summed E-state index contributed by atoms with van der Waals surface area (Å²) < 4.78 is 5.50. The van der Waals surface area contributed by atoms with E-state index in [-0.39, 0.29) is 11.9 Å². The summed E-state index contributed by atoms with van der Waals surface area (Å²) in [6.45, 7) is 0. The molecular formula is C20H19NO2. The van der Waals surface area contributed by atoms with Crippen molar-refractivity contribution < 1.29 is 9.53 Å². The van der Waals surface area contributed by atoms with Gasteiger partial charge in [0.05, 0.1) is 17.6 Å². The summed E-state index contributed by atoms with van der Waals surface area (Å²) in [6, 6.07) is 17.1. The average Bonchev–Trinajstić information content (AvgIpc) is 2.63. The molecule has 0 spiro atoms. The minimum absolute atomic E-state index is 0.0574. The maximum Gasteiger partial charge on any atom is 0.314 e. The Labute approximate surface area is 136 Å². The van der Waals surface area contributed by atoms with Gasteiger partial charge in [0.1, 0.15) is 5.75 Å². The smallest absolute Gasteiger partial charge is 0.314 e. The van der Waals surface area contributed by atoms with Crippen molar-refractivity contribution in [1.29, 1.82) is 5.26 Å². The van der Waals surface area contributed by atoms with E-state index >= 15 is 0 Å². The molecule has 116 valence electrons. The molecule has 3 rings (SSSR count). The summed E-state index contributed by atoms with van der Waals surface area (Å²) in [5.74, 6) is 0.552. The van der Waals surface area contributed by atoms with Crippen molar-refractivity contribution in [2.45, 2.75) is 32.1 Å². The number of nitrogens with zero attached hydrogens (tertiary/aromatic N) is 1. The fraction of sp³-hybridized carbons (Fsp3) is 0.300. The fourth-order valence-electron chi connectivity index (χ4n) is 2.99. The van der Waals surface area contributed by atoms with Gasteiger partial charge in [-0.3, -0.25) is 4.79 Å². The summed E-state index contributed by atoms with van der Waals surface area (Å²) >= 11 is 0. The third-order valence-electron chi connectivity index (χ3n) is 4.36. The number of hydrogen-bond acceptors (Lipinski definition) is 3. The summed E-state index contributed by atoms with van der Waals surface area (Å²) in [6.07, 6.45) is 5.36. The van der Waals surface area contributed by atoms with Crippen molar-refractivity contribution in [3.63, 3.8) is 0 Å². The van der Waals surface area contributed by atoms with Gasteiger partial charge < -0.3 is 4.74 Å². The molecular weight excluding hydrogens is 286 g/mol. The Hall–Kier alpha value is -2.60. The first-order chi connectivity index (χ1) is 11.3. The molecule has 23 heavy (non-hydrogen) atoms. The fourth-order valence-corrected chi connectivity index (χ4v) is 2.99. The van der Waals surface area contributed by atoms with Crippen LogP contribution in [0.25, 0.3) is 11.1 Å². The van der Waals surface area contributed by atoms with E-state index in [0.29, 0.717) is 11.3 Å². The lowest BCUT2D eigenvalue weighted by Crippen LogP contribution is -2.22. The molecule has 0 aromatic heterocycles. The van der Waals surface area contributed by atoms with Crippen LogP contribution in [-0.4, -0.2) is 5.97 Å². The maximum atomic E-state index is 12.1. The molecule has 0 unspecified atom stereocenters. The van der Waals surface area contributed by atoms with Crippen LogP contribution >= 0.6 is 0 Å². The van der Waals surface area contributed by atoms with Gasteiger partial charge >= 0.3 is 5.97 Å². The van der Waals surface area contributed by atoms with Crippen LogP contribution in [-0.2, 0) is 4.79 Å². The highest BCUT2D eigenvalue weighted by Crippen LogP contribution is 2.27. The van der Waals surface area contributed by atoms with Gasteiger partial charge in [-0.2, -0.15) is 5.26 Å². The lowest BCUT2D eigenvalue weighted by Gasteiger charge is -2.19. The van der Waals surface area contributed by atoms with Crippen LogP contribution in [0, 0.1) is 17.2 Å². The minimum Gasteiger partial charge on any atom is -0.426 e. The minimum atomic E-state index is -0.101. The predicted molar refractivity (Wildman–Crippen MR) is 88.8 cm³/mol. The summed E-state index contributed by atoms with van der Waals surface area (Å²) in [5, 5.41) is 8.83. The van der Waals surface area contributed by atoms with Crippen molar-refractivity contribution in [3.8, 4) is 22.9 Å². The molecule has 0 N–H and O–H groups in total. The lowest BCUT2D eigenvalue weighted by molar-refractivity contribution is -0.139. The molecule has 3 heteroatoms. The highest BCUT2D eigenvalue weighted by Gasteiger charge is 2.22. The van der Waals surface area contributed by atoms with E-state index in [2.05, 4.69) is 6.07 Å². The molecule has 1 aliphatic rings. The van der Waals surface area contributed by atoms with Crippen LogP contribution in [0.3, 0.4) is 0 Å². The van der Waals surface area contributed by atoms with Gasteiger partial charge in [-0.15, -0.1) is 0 Å². The van der Waals surface area contributed by atoms with Crippen molar-refractivity contribution in [2.24, 2.45) is 5.92 Å². The van der Waals surface area contributed by atoms with Gasteiger partial charge in [0, 0.05) is 0 Å². The van der Waals surface area contributed by atoms with E-state index in [0.717, 1.165) is 36.8 Å². The molecule has 2 aromatic carbocycles. The van der Waals surface area contributed by atoms with Gasteiger partial charge in [0.15, 0.2) is 0 Å². The monoisotopic (exact) mass is 305 g/mol. The highest BCUT2D eigenvalue weighted by atomic mass is 16.5. The van der Waals surface area contributed by atoms with Crippen LogP contribution in [0.2, 0.25) is 0 Å². The third-order valence-corrected chi connectivity index (χ3v) is 4.36. The maximum absolute atomic E-state index is 12.1. The number of ether oxygens (including phenoxy) is 1. The van der Waals surface area contributed by atoms with Crippen LogP contribution < -0.4 is 4.74 Å². The van der Waals surface area contributed by atoms with E-state index in [9.17, 15) is 4.79 Å². The first-order valence-corrected chi connectivity index (χ1v) is 8.08. The van der Waals surface area contributed by atoms with Gasteiger partial charge in [-0.05, 0) is 48.2 Å². The summed E-state index contributed by atoms with van der Waals surface area (Å²) in [5.41, 5.74) is 2.72. The Kier molecular flexibility index (Phi) is 4.73. The molecule has 0 saturated heterocycles. The lowest BCUT2D eigenvalue weighted by atomic mass is 9.89. The zero-order valence-corrected chi connectivity index (χ0v) is 13.0. The number of rotatable bonds is 3. The first kappa shape index (κ1) is 15.3. The van der Waals surface area contributed by atoms with Crippen LogP contribution in [0.5, 0.6) is 5.75 Å². The summed E-state index contributed by atoms with van der Waals surface area (Å²) in [4.78, 5) is 12.1. The molecule has 1 fully saturated rings. The topological polar surface area (TPSA) is 50.1 Å². The molecule has 0 amide bonds. The Morgan fingerprint density at radius 1 is 0.913 bits per heavy atom. The number of hydrogen-bond donors (Lipinski definition) is 0. The molecule has 0 atom stereocenters. The van der Waals surface area contributed by atoms with Crippen LogP contribution in [0.15, 0.2) is 48.5 Å². The second-order valence-corrected chi connectivity index (χ2v) is 5.97. The number of nitriles is 1. The largest absolute Gasteiger partial charge is 0.426 e. The van der Waals surface area contributed by atoms with Gasteiger partial charge in [-0.1, -0.05) is 43.5 Å². The van der Waals surface area contributed by atoms with E-state index in [4.69, 9.17) is 10.00 Å². The molecule has 0 heterocycles. The van der Waals surface area contributed by atoms with Crippen molar-refractivity contribution in [3.05, 3.63) is 54.1 Å². The molecule has 0 radical (unpaired) electrons. The highest BCUT2D eigenvalue weighted by molar-refractivity contribution is 5.75. The SMILES string of the molecule is N#Cc1ccc(-c2ccc(OC(=O)C3CCCCC3)cc2)cc1. The van der Waals surface area contributed by atoms with E-state index in [1.165, 1.54) is 6.42 Å². The molecule has 3 nitrogen and oxygen atoms in total. The Morgan fingerprint density at radius 2 is 1.48 bits per heavy atom. The second kappa shape index (κ2) is 7.11. The van der Waals surface area contributed by atoms with Crippen molar-refractivity contribution in [2.75, 3.05) is 0 Å². The Morgan fingerprint density at radius 3 is 2.04 bits per heavy atom. The number of benzene rings is 2. The quantitative estimate of drug-likeness (QED) is 0.609. The second-order valence-electron chi connectivity index (χ2n) is 5.97. The van der Waals surface area contributed by atoms with Gasteiger partial charge in [0.25, 0.3) is 0 Å². The van der Waals surface area contributed by atoms with E-state index in [1.54, 1.807) is 12.1 Å². The molecule has 2 aromatic rings. The zero-order chi connectivity index (χ0) is 16.1. The Balaban J connectivity index is 1.66. The molecule has 0 bridgehead atoms. The van der Waals surface area contributed by atoms with Crippen LogP contribution in [0.1, 0.15) is 37.7 Å². The van der Waals surface area contributed by atoms with Gasteiger partial charge in [0.2, 0.25) is 0 Å². The van der Waals surface area contributed by atoms with E-state index < -0.39 is 0 Å². The molecule has 0 aliphatic heterocycles.